The molecule has 0 aliphatic heterocycles. The Labute approximate surface area is 133 Å². The lowest BCUT2D eigenvalue weighted by molar-refractivity contribution is 0.628. The van der Waals surface area contributed by atoms with Gasteiger partial charge in [-0.15, -0.1) is 11.6 Å². The highest BCUT2D eigenvalue weighted by atomic mass is 35.5. The van der Waals surface area contributed by atoms with E-state index in [2.05, 4.69) is 4.98 Å². The number of alkyl halides is 1. The Bertz CT molecular complexity index is 823. The zero-order valence-electron chi connectivity index (χ0n) is 10.4. The standard InChI is InChI=1S/C14H7Cl3F2N2/c15-6-12-20-14-10(18)2-1-3-11(14)21(12)7-4-8(16)13(19)9(17)5-7/h1-5H,6H2. The van der Waals surface area contributed by atoms with E-state index in [-0.39, 0.29) is 21.4 Å². The molecule has 0 amide bonds. The van der Waals surface area contributed by atoms with Crippen molar-refractivity contribution in [3.05, 3.63) is 57.8 Å². The van der Waals surface area contributed by atoms with Gasteiger partial charge >= 0.3 is 0 Å². The van der Waals surface area contributed by atoms with Crippen molar-refractivity contribution >= 4 is 45.8 Å². The Kier molecular flexibility index (Phi) is 3.78. The van der Waals surface area contributed by atoms with Crippen molar-refractivity contribution < 1.29 is 8.78 Å². The summed E-state index contributed by atoms with van der Waals surface area (Å²) >= 11 is 17.5. The van der Waals surface area contributed by atoms with Crippen LogP contribution in [0.2, 0.25) is 10.0 Å². The van der Waals surface area contributed by atoms with Crippen LogP contribution in [0.15, 0.2) is 30.3 Å². The molecule has 7 heteroatoms. The minimum absolute atomic E-state index is 0.0563. The maximum absolute atomic E-state index is 13.8. The monoisotopic (exact) mass is 346 g/mol. The highest BCUT2D eigenvalue weighted by molar-refractivity contribution is 6.35. The molecule has 0 spiro atoms. The lowest BCUT2D eigenvalue weighted by Crippen LogP contribution is -2.00. The van der Waals surface area contributed by atoms with E-state index in [1.807, 2.05) is 0 Å². The van der Waals surface area contributed by atoms with Crippen LogP contribution < -0.4 is 0 Å². The number of rotatable bonds is 2. The highest BCUT2D eigenvalue weighted by Crippen LogP contribution is 2.30. The molecular weight excluding hydrogens is 341 g/mol. The van der Waals surface area contributed by atoms with Crippen molar-refractivity contribution in [3.63, 3.8) is 0 Å². The summed E-state index contributed by atoms with van der Waals surface area (Å²) in [5.74, 6) is -0.696. The van der Waals surface area contributed by atoms with Crippen molar-refractivity contribution in [2.24, 2.45) is 0 Å². The first-order valence-electron chi connectivity index (χ1n) is 5.89. The first-order chi connectivity index (χ1) is 10.0. The first kappa shape index (κ1) is 14.6. The molecule has 0 fully saturated rings. The summed E-state index contributed by atoms with van der Waals surface area (Å²) in [7, 11) is 0. The maximum atomic E-state index is 13.8. The minimum atomic E-state index is -0.704. The van der Waals surface area contributed by atoms with Gasteiger partial charge in [0.15, 0.2) is 11.6 Å². The number of imidazole rings is 1. The molecule has 3 aromatic rings. The second kappa shape index (κ2) is 5.44. The minimum Gasteiger partial charge on any atom is -0.295 e. The van der Waals surface area contributed by atoms with E-state index in [1.165, 1.54) is 18.2 Å². The molecule has 3 rings (SSSR count). The van der Waals surface area contributed by atoms with Gasteiger partial charge in [0.1, 0.15) is 11.3 Å². The molecule has 21 heavy (non-hydrogen) atoms. The number of nitrogens with zero attached hydrogens (tertiary/aromatic N) is 2. The smallest absolute Gasteiger partial charge is 0.160 e. The van der Waals surface area contributed by atoms with Crippen molar-refractivity contribution in [2.75, 3.05) is 0 Å². The molecule has 2 aromatic carbocycles. The zero-order valence-corrected chi connectivity index (χ0v) is 12.6. The fraction of sp³-hybridized carbons (Fsp3) is 0.0714. The Hall–Kier alpha value is -1.36. The van der Waals surface area contributed by atoms with Crippen molar-refractivity contribution in [1.29, 1.82) is 0 Å². The largest absolute Gasteiger partial charge is 0.295 e. The summed E-state index contributed by atoms with van der Waals surface area (Å²) < 4.78 is 29.0. The van der Waals surface area contributed by atoms with Crippen molar-refractivity contribution in [2.45, 2.75) is 5.88 Å². The SMILES string of the molecule is Fc1c(Cl)cc(-n2c(CCl)nc3c(F)cccc32)cc1Cl. The van der Waals surface area contributed by atoms with Crippen LogP contribution in [0, 0.1) is 11.6 Å². The van der Waals surface area contributed by atoms with Gasteiger partial charge in [-0.2, -0.15) is 0 Å². The van der Waals surface area contributed by atoms with E-state index < -0.39 is 11.6 Å². The maximum Gasteiger partial charge on any atom is 0.160 e. The number of hydrogen-bond donors (Lipinski definition) is 0. The van der Waals surface area contributed by atoms with E-state index in [0.29, 0.717) is 17.0 Å². The van der Waals surface area contributed by atoms with Gasteiger partial charge in [-0.25, -0.2) is 13.8 Å². The molecule has 108 valence electrons. The average Bonchev–Trinajstić information content (AvgIpc) is 2.84. The van der Waals surface area contributed by atoms with Gasteiger partial charge in [0.2, 0.25) is 0 Å². The fourth-order valence-corrected chi connectivity index (χ4v) is 2.82. The number of halogens is 5. The van der Waals surface area contributed by atoms with Crippen LogP contribution in [0.4, 0.5) is 8.78 Å². The van der Waals surface area contributed by atoms with E-state index in [0.717, 1.165) is 0 Å². The molecule has 2 nitrogen and oxygen atoms in total. The molecular formula is C14H7Cl3F2N2. The Morgan fingerprint density at radius 2 is 1.76 bits per heavy atom. The number of hydrogen-bond acceptors (Lipinski definition) is 1. The molecule has 0 atom stereocenters. The summed E-state index contributed by atoms with van der Waals surface area (Å²) in [6.07, 6.45) is 0. The van der Waals surface area contributed by atoms with E-state index in [9.17, 15) is 8.78 Å². The summed E-state index contributed by atoms with van der Waals surface area (Å²) in [4.78, 5) is 4.16. The van der Waals surface area contributed by atoms with Gasteiger partial charge in [0, 0.05) is 0 Å². The van der Waals surface area contributed by atoms with Crippen molar-refractivity contribution in [3.8, 4) is 5.69 Å². The van der Waals surface area contributed by atoms with Crippen LogP contribution in [0.3, 0.4) is 0 Å². The summed E-state index contributed by atoms with van der Waals surface area (Å²) in [6, 6.07) is 7.34. The van der Waals surface area contributed by atoms with Crippen LogP contribution in [-0.2, 0) is 5.88 Å². The third kappa shape index (κ3) is 2.37. The molecule has 0 saturated carbocycles. The summed E-state index contributed by atoms with van der Waals surface area (Å²) in [6.45, 7) is 0. The molecule has 1 heterocycles. The first-order valence-corrected chi connectivity index (χ1v) is 7.18. The van der Waals surface area contributed by atoms with Gasteiger partial charge in [-0.1, -0.05) is 29.3 Å². The fourth-order valence-electron chi connectivity index (χ4n) is 2.16. The van der Waals surface area contributed by atoms with E-state index >= 15 is 0 Å². The lowest BCUT2D eigenvalue weighted by Gasteiger charge is -2.09. The molecule has 0 radical (unpaired) electrons. The van der Waals surface area contributed by atoms with Gasteiger partial charge in [-0.3, -0.25) is 4.57 Å². The predicted molar refractivity (Wildman–Crippen MR) is 80.6 cm³/mol. The molecule has 0 N–H and O–H groups in total. The molecule has 1 aromatic heterocycles. The number of aromatic nitrogens is 2. The van der Waals surface area contributed by atoms with Crippen LogP contribution >= 0.6 is 34.8 Å². The number of benzene rings is 2. The molecule has 0 aliphatic carbocycles. The van der Waals surface area contributed by atoms with Crippen LogP contribution in [0.1, 0.15) is 5.82 Å². The summed E-state index contributed by atoms with van der Waals surface area (Å²) in [5.41, 5.74) is 1.16. The van der Waals surface area contributed by atoms with Crippen LogP contribution in [-0.4, -0.2) is 9.55 Å². The topological polar surface area (TPSA) is 17.8 Å². The van der Waals surface area contributed by atoms with Gasteiger partial charge in [0.25, 0.3) is 0 Å². The molecule has 0 saturated heterocycles. The van der Waals surface area contributed by atoms with Gasteiger partial charge in [0.05, 0.1) is 27.1 Å². The number of para-hydroxylation sites is 1. The molecule has 0 bridgehead atoms. The highest BCUT2D eigenvalue weighted by Gasteiger charge is 2.17. The average molecular weight is 348 g/mol. The van der Waals surface area contributed by atoms with Crippen molar-refractivity contribution in [1.82, 2.24) is 9.55 Å². The number of fused-ring (bicyclic) bond motifs is 1. The quantitative estimate of drug-likeness (QED) is 0.451. The third-order valence-electron chi connectivity index (χ3n) is 3.05. The Balaban J connectivity index is 2.36. The third-order valence-corrected chi connectivity index (χ3v) is 3.84. The Morgan fingerprint density at radius 1 is 1.10 bits per heavy atom. The van der Waals surface area contributed by atoms with E-state index in [1.54, 1.807) is 16.7 Å². The van der Waals surface area contributed by atoms with Crippen LogP contribution in [0.25, 0.3) is 16.7 Å². The van der Waals surface area contributed by atoms with Crippen LogP contribution in [0.5, 0.6) is 0 Å². The van der Waals surface area contributed by atoms with Gasteiger partial charge in [-0.05, 0) is 24.3 Å². The zero-order chi connectivity index (χ0) is 15.1. The predicted octanol–water partition coefficient (Wildman–Crippen LogP) is 5.35. The second-order valence-corrected chi connectivity index (χ2v) is 5.41. The normalized spacial score (nSPS) is 11.3. The van der Waals surface area contributed by atoms with Gasteiger partial charge < -0.3 is 0 Å². The second-order valence-electron chi connectivity index (χ2n) is 4.33. The van der Waals surface area contributed by atoms with E-state index in [4.69, 9.17) is 34.8 Å². The lowest BCUT2D eigenvalue weighted by atomic mass is 10.2. The molecule has 0 aliphatic rings. The molecule has 0 unspecified atom stereocenters. The summed E-state index contributed by atoms with van der Waals surface area (Å²) in [5, 5.41) is -0.257. The Morgan fingerprint density at radius 3 is 2.38 bits per heavy atom.